The summed E-state index contributed by atoms with van der Waals surface area (Å²) in [7, 11) is 0. The van der Waals surface area contributed by atoms with Crippen molar-refractivity contribution in [3.8, 4) is 0 Å². The van der Waals surface area contributed by atoms with E-state index in [2.05, 4.69) is 16.3 Å². The normalized spacial score (nSPS) is 24.1. The van der Waals surface area contributed by atoms with Gasteiger partial charge in [0.1, 0.15) is 4.84 Å². The van der Waals surface area contributed by atoms with Gasteiger partial charge in [-0.1, -0.05) is 24.3 Å². The Hall–Kier alpha value is -0.810. The summed E-state index contributed by atoms with van der Waals surface area (Å²) in [6.45, 7) is 5.25. The van der Waals surface area contributed by atoms with Crippen molar-refractivity contribution < 1.29 is 9.53 Å². The first-order valence-electron chi connectivity index (χ1n) is 8.60. The molecule has 24 heavy (non-hydrogen) atoms. The van der Waals surface area contributed by atoms with Gasteiger partial charge in [0.05, 0.1) is 19.1 Å². The van der Waals surface area contributed by atoms with Crippen LogP contribution in [0.15, 0.2) is 24.3 Å². The van der Waals surface area contributed by atoms with Crippen molar-refractivity contribution >= 4 is 29.1 Å². The van der Waals surface area contributed by atoms with E-state index in [1.807, 2.05) is 18.2 Å². The molecule has 6 heteroatoms. The number of ether oxygens (including phenoxy) is 1. The van der Waals surface area contributed by atoms with E-state index in [0.717, 1.165) is 44.8 Å². The highest BCUT2D eigenvalue weighted by Gasteiger charge is 2.40. The van der Waals surface area contributed by atoms with E-state index in [1.54, 1.807) is 0 Å². The standard InChI is InChI=1S/C18H24Cl2N2O2/c19-17(20)16-14-5-2-1-4-13(14)12-15(16)18(23)21-6-3-7-22-8-10-24-11-9-22/h1-2,4-5,15-17H,3,6-12H2,(H,21,23)/t15-,16+/m1/s1. The van der Waals surface area contributed by atoms with Crippen LogP contribution in [0.1, 0.15) is 23.5 Å². The number of carbonyl (C=O) groups excluding carboxylic acids is 1. The first-order valence-corrected chi connectivity index (χ1v) is 9.48. The van der Waals surface area contributed by atoms with Gasteiger partial charge < -0.3 is 10.1 Å². The Morgan fingerprint density at radius 3 is 2.79 bits per heavy atom. The van der Waals surface area contributed by atoms with Gasteiger partial charge in [-0.05, 0) is 30.5 Å². The van der Waals surface area contributed by atoms with Gasteiger partial charge >= 0.3 is 0 Å². The highest BCUT2D eigenvalue weighted by Crippen LogP contribution is 2.43. The molecule has 2 atom stereocenters. The average Bonchev–Trinajstić information content (AvgIpc) is 2.99. The van der Waals surface area contributed by atoms with Crippen molar-refractivity contribution in [3.05, 3.63) is 35.4 Å². The van der Waals surface area contributed by atoms with Crippen LogP contribution < -0.4 is 5.32 Å². The molecule has 0 aromatic heterocycles. The maximum absolute atomic E-state index is 12.6. The Balaban J connectivity index is 1.49. The van der Waals surface area contributed by atoms with Gasteiger partial charge in [0.15, 0.2) is 0 Å². The molecule has 1 saturated heterocycles. The highest BCUT2D eigenvalue weighted by molar-refractivity contribution is 6.45. The third kappa shape index (κ3) is 4.23. The van der Waals surface area contributed by atoms with Crippen molar-refractivity contribution in [1.29, 1.82) is 0 Å². The molecule has 4 nitrogen and oxygen atoms in total. The van der Waals surface area contributed by atoms with Crippen LogP contribution in [0.25, 0.3) is 0 Å². The topological polar surface area (TPSA) is 41.6 Å². The van der Waals surface area contributed by atoms with Crippen molar-refractivity contribution in [2.45, 2.75) is 23.6 Å². The van der Waals surface area contributed by atoms with E-state index in [4.69, 9.17) is 27.9 Å². The van der Waals surface area contributed by atoms with Gasteiger partial charge in [-0.3, -0.25) is 9.69 Å². The summed E-state index contributed by atoms with van der Waals surface area (Å²) in [5, 5.41) is 3.07. The summed E-state index contributed by atoms with van der Waals surface area (Å²) < 4.78 is 5.34. The molecular weight excluding hydrogens is 347 g/mol. The van der Waals surface area contributed by atoms with Gasteiger partial charge in [0.25, 0.3) is 0 Å². The Kier molecular flexibility index (Phi) is 6.39. The van der Waals surface area contributed by atoms with E-state index in [9.17, 15) is 4.79 Å². The largest absolute Gasteiger partial charge is 0.379 e. The van der Waals surface area contributed by atoms with E-state index in [-0.39, 0.29) is 17.7 Å². The zero-order valence-electron chi connectivity index (χ0n) is 13.7. The molecule has 0 saturated carbocycles. The number of halogens is 2. The smallest absolute Gasteiger partial charge is 0.224 e. The van der Waals surface area contributed by atoms with Gasteiger partial charge in [-0.15, -0.1) is 23.2 Å². The summed E-state index contributed by atoms with van der Waals surface area (Å²) in [6.07, 6.45) is 1.66. The number of nitrogens with zero attached hydrogens (tertiary/aromatic N) is 1. The van der Waals surface area contributed by atoms with Crippen LogP contribution in [-0.4, -0.2) is 55.0 Å². The molecule has 0 bridgehead atoms. The molecule has 1 aliphatic heterocycles. The number of nitrogens with one attached hydrogen (secondary N) is 1. The second-order valence-corrected chi connectivity index (χ2v) is 7.63. The van der Waals surface area contributed by atoms with Crippen molar-refractivity contribution in [2.24, 2.45) is 5.92 Å². The molecule has 1 amide bonds. The van der Waals surface area contributed by atoms with E-state index < -0.39 is 4.84 Å². The minimum absolute atomic E-state index is 0.0597. The molecule has 1 aromatic carbocycles. The van der Waals surface area contributed by atoms with Crippen LogP contribution in [0.2, 0.25) is 0 Å². The number of amides is 1. The fourth-order valence-corrected chi connectivity index (χ4v) is 4.29. The molecule has 3 rings (SSSR count). The first-order chi connectivity index (χ1) is 11.7. The maximum Gasteiger partial charge on any atom is 0.224 e. The van der Waals surface area contributed by atoms with Gasteiger partial charge in [-0.25, -0.2) is 0 Å². The zero-order valence-corrected chi connectivity index (χ0v) is 15.2. The fraction of sp³-hybridized carbons (Fsp3) is 0.611. The summed E-state index contributed by atoms with van der Waals surface area (Å²) in [5.74, 6) is -0.237. The molecule has 1 aromatic rings. The minimum atomic E-state index is -0.572. The number of alkyl halides is 2. The number of rotatable bonds is 6. The molecule has 0 radical (unpaired) electrons. The molecule has 0 unspecified atom stereocenters. The van der Waals surface area contributed by atoms with Gasteiger partial charge in [-0.2, -0.15) is 0 Å². The third-order valence-corrected chi connectivity index (χ3v) is 5.49. The third-order valence-electron chi connectivity index (χ3n) is 4.95. The summed E-state index contributed by atoms with van der Waals surface area (Å²) in [4.78, 5) is 14.4. The molecule has 1 aliphatic carbocycles. The van der Waals surface area contributed by atoms with E-state index >= 15 is 0 Å². The second kappa shape index (κ2) is 8.52. The van der Waals surface area contributed by atoms with E-state index in [1.165, 1.54) is 5.56 Å². The fourth-order valence-electron chi connectivity index (χ4n) is 3.66. The summed E-state index contributed by atoms with van der Waals surface area (Å²) >= 11 is 12.4. The maximum atomic E-state index is 12.6. The number of carbonyl (C=O) groups is 1. The molecule has 1 N–H and O–H groups in total. The van der Waals surface area contributed by atoms with Crippen molar-refractivity contribution in [1.82, 2.24) is 10.2 Å². The predicted molar refractivity (Wildman–Crippen MR) is 96.8 cm³/mol. The quantitative estimate of drug-likeness (QED) is 0.617. The molecule has 2 aliphatic rings. The molecule has 1 heterocycles. The Morgan fingerprint density at radius 2 is 2.04 bits per heavy atom. The monoisotopic (exact) mass is 370 g/mol. The number of hydrogen-bond acceptors (Lipinski definition) is 3. The van der Waals surface area contributed by atoms with Crippen LogP contribution in [-0.2, 0) is 16.0 Å². The average molecular weight is 371 g/mol. The first kappa shape index (κ1) is 18.0. The van der Waals surface area contributed by atoms with Crippen LogP contribution in [0, 0.1) is 5.92 Å². The predicted octanol–water partition coefficient (Wildman–Crippen LogP) is 2.58. The Bertz CT molecular complexity index is 562. The Labute approximate surface area is 153 Å². The lowest BCUT2D eigenvalue weighted by molar-refractivity contribution is -0.125. The molecular formula is C18H24Cl2N2O2. The minimum Gasteiger partial charge on any atom is -0.379 e. The molecule has 0 spiro atoms. The highest BCUT2D eigenvalue weighted by atomic mass is 35.5. The Morgan fingerprint density at radius 1 is 1.29 bits per heavy atom. The lowest BCUT2D eigenvalue weighted by Crippen LogP contribution is -2.39. The van der Waals surface area contributed by atoms with Crippen LogP contribution in [0.5, 0.6) is 0 Å². The van der Waals surface area contributed by atoms with E-state index in [0.29, 0.717) is 13.0 Å². The summed E-state index contributed by atoms with van der Waals surface area (Å²) in [6, 6.07) is 8.06. The van der Waals surface area contributed by atoms with Gasteiger partial charge in [0.2, 0.25) is 5.91 Å². The van der Waals surface area contributed by atoms with Crippen molar-refractivity contribution in [3.63, 3.8) is 0 Å². The SMILES string of the molecule is O=C(NCCCN1CCOCC1)[C@@H]1Cc2ccccc2[C@@H]1C(Cl)Cl. The summed E-state index contributed by atoms with van der Waals surface area (Å²) in [5.41, 5.74) is 2.29. The number of hydrogen-bond donors (Lipinski definition) is 1. The zero-order chi connectivity index (χ0) is 16.9. The lowest BCUT2D eigenvalue weighted by Gasteiger charge is -2.26. The van der Waals surface area contributed by atoms with Crippen LogP contribution in [0.4, 0.5) is 0 Å². The van der Waals surface area contributed by atoms with Gasteiger partial charge in [0, 0.05) is 25.6 Å². The molecule has 132 valence electrons. The second-order valence-electron chi connectivity index (χ2n) is 6.47. The number of morpholine rings is 1. The van der Waals surface area contributed by atoms with Crippen LogP contribution in [0.3, 0.4) is 0 Å². The number of fused-ring (bicyclic) bond motifs is 1. The number of benzene rings is 1. The van der Waals surface area contributed by atoms with Crippen LogP contribution >= 0.6 is 23.2 Å². The molecule has 1 fully saturated rings. The lowest BCUT2D eigenvalue weighted by atomic mass is 9.93. The van der Waals surface area contributed by atoms with Crippen molar-refractivity contribution in [2.75, 3.05) is 39.4 Å².